The molecular formula is C23H29FN6O3. The molecule has 0 aliphatic rings. The van der Waals surface area contributed by atoms with Crippen molar-refractivity contribution in [1.29, 1.82) is 0 Å². The molecule has 1 unspecified atom stereocenters. The van der Waals surface area contributed by atoms with Gasteiger partial charge < -0.3 is 26.0 Å². The van der Waals surface area contributed by atoms with Crippen molar-refractivity contribution in [2.24, 2.45) is 0 Å². The predicted molar refractivity (Wildman–Crippen MR) is 125 cm³/mol. The number of carbonyl (C=O) groups is 2. The SMILES string of the molecule is CCCNc1nc(Nc2cccc(F)c2)ncc1C#CCCCNC(=O)C(C)OC(=O)NC. The number of anilines is 3. The number of hydrogen-bond donors (Lipinski definition) is 4. The molecule has 0 aliphatic carbocycles. The Hall–Kier alpha value is -3.87. The van der Waals surface area contributed by atoms with E-state index in [4.69, 9.17) is 4.74 Å². The van der Waals surface area contributed by atoms with Gasteiger partial charge in [0.1, 0.15) is 11.6 Å². The molecular weight excluding hydrogens is 427 g/mol. The molecule has 1 heterocycles. The van der Waals surface area contributed by atoms with Gasteiger partial charge >= 0.3 is 6.09 Å². The first kappa shape index (κ1) is 25.4. The number of alkyl carbamates (subject to hydrolysis) is 1. The summed E-state index contributed by atoms with van der Waals surface area (Å²) in [6, 6.07) is 6.05. The molecule has 2 rings (SSSR count). The van der Waals surface area contributed by atoms with Gasteiger partial charge in [0.25, 0.3) is 5.91 Å². The number of aromatic nitrogens is 2. The number of nitrogens with one attached hydrogen (secondary N) is 4. The van der Waals surface area contributed by atoms with E-state index in [0.717, 1.165) is 6.42 Å². The van der Waals surface area contributed by atoms with E-state index in [-0.39, 0.29) is 11.7 Å². The zero-order chi connectivity index (χ0) is 24.1. The Labute approximate surface area is 192 Å². The average Bonchev–Trinajstić information content (AvgIpc) is 2.80. The lowest BCUT2D eigenvalue weighted by atomic mass is 10.2. The standard InChI is InChI=1S/C23H29FN6O3/c1-4-12-26-20-17(15-28-22(30-20)29-19-11-8-10-18(24)14-19)9-6-5-7-13-27-21(31)16(2)33-23(32)25-3/h8,10-11,14-16H,4-5,7,12-13H2,1-3H3,(H,25,32)(H,27,31)(H2,26,28,29,30). The fraction of sp³-hybridized carbons (Fsp3) is 0.391. The summed E-state index contributed by atoms with van der Waals surface area (Å²) in [6.45, 7) is 4.67. The van der Waals surface area contributed by atoms with Gasteiger partial charge in [-0.2, -0.15) is 4.98 Å². The van der Waals surface area contributed by atoms with E-state index in [1.54, 1.807) is 18.3 Å². The van der Waals surface area contributed by atoms with E-state index in [1.807, 2.05) is 6.92 Å². The molecule has 1 aromatic carbocycles. The summed E-state index contributed by atoms with van der Waals surface area (Å²) < 4.78 is 18.3. The molecule has 2 aromatic rings. The van der Waals surface area contributed by atoms with Crippen molar-refractivity contribution in [1.82, 2.24) is 20.6 Å². The normalized spacial score (nSPS) is 10.9. The van der Waals surface area contributed by atoms with Gasteiger partial charge in [0, 0.05) is 32.2 Å². The summed E-state index contributed by atoms with van der Waals surface area (Å²) in [5.74, 6) is 6.31. The summed E-state index contributed by atoms with van der Waals surface area (Å²) in [5.41, 5.74) is 1.19. The van der Waals surface area contributed by atoms with Crippen molar-refractivity contribution in [3.05, 3.63) is 41.8 Å². The molecule has 0 radical (unpaired) electrons. The van der Waals surface area contributed by atoms with Crippen molar-refractivity contribution in [2.75, 3.05) is 30.8 Å². The first-order chi connectivity index (χ1) is 15.9. The molecule has 2 amide bonds. The van der Waals surface area contributed by atoms with Gasteiger partial charge in [0.2, 0.25) is 5.95 Å². The molecule has 0 saturated heterocycles. The fourth-order valence-corrected chi connectivity index (χ4v) is 2.57. The van der Waals surface area contributed by atoms with Crippen LogP contribution in [0.1, 0.15) is 38.7 Å². The summed E-state index contributed by atoms with van der Waals surface area (Å²) in [6.07, 6.45) is 2.16. The summed E-state index contributed by atoms with van der Waals surface area (Å²) in [4.78, 5) is 31.7. The zero-order valence-electron chi connectivity index (χ0n) is 19.0. The second-order valence-corrected chi connectivity index (χ2v) is 7.01. The second kappa shape index (κ2) is 13.5. The number of rotatable bonds is 10. The van der Waals surface area contributed by atoms with Crippen molar-refractivity contribution in [3.8, 4) is 11.8 Å². The summed E-state index contributed by atoms with van der Waals surface area (Å²) in [7, 11) is 1.42. The monoisotopic (exact) mass is 456 g/mol. The number of benzene rings is 1. The Morgan fingerprint density at radius 3 is 2.82 bits per heavy atom. The van der Waals surface area contributed by atoms with Crippen molar-refractivity contribution < 1.29 is 18.7 Å². The lowest BCUT2D eigenvalue weighted by Crippen LogP contribution is -2.38. The molecule has 33 heavy (non-hydrogen) atoms. The van der Waals surface area contributed by atoms with Crippen LogP contribution in [0.15, 0.2) is 30.5 Å². The molecule has 0 bridgehead atoms. The second-order valence-electron chi connectivity index (χ2n) is 7.01. The quantitative estimate of drug-likeness (QED) is 0.320. The molecule has 4 N–H and O–H groups in total. The van der Waals surface area contributed by atoms with Gasteiger partial charge in [-0.25, -0.2) is 14.2 Å². The maximum absolute atomic E-state index is 13.4. The molecule has 1 atom stereocenters. The maximum Gasteiger partial charge on any atom is 0.407 e. The Balaban J connectivity index is 1.91. The van der Waals surface area contributed by atoms with E-state index in [9.17, 15) is 14.0 Å². The number of unbranched alkanes of at least 4 members (excludes halogenated alkanes) is 1. The lowest BCUT2D eigenvalue weighted by molar-refractivity contribution is -0.128. The minimum absolute atomic E-state index is 0.334. The number of halogens is 1. The Morgan fingerprint density at radius 1 is 1.27 bits per heavy atom. The van der Waals surface area contributed by atoms with Gasteiger partial charge in [0.15, 0.2) is 6.10 Å². The van der Waals surface area contributed by atoms with E-state index in [2.05, 4.69) is 43.1 Å². The molecule has 0 spiro atoms. The highest BCUT2D eigenvalue weighted by atomic mass is 19.1. The van der Waals surface area contributed by atoms with Crippen LogP contribution in [-0.4, -0.2) is 48.2 Å². The topological polar surface area (TPSA) is 117 Å². The minimum Gasteiger partial charge on any atom is -0.436 e. The van der Waals surface area contributed by atoms with Gasteiger partial charge in [-0.15, -0.1) is 0 Å². The molecule has 0 saturated carbocycles. The lowest BCUT2D eigenvalue weighted by Gasteiger charge is -2.12. The molecule has 10 heteroatoms. The van der Waals surface area contributed by atoms with Crippen molar-refractivity contribution in [3.63, 3.8) is 0 Å². The first-order valence-corrected chi connectivity index (χ1v) is 10.7. The van der Waals surface area contributed by atoms with Crippen LogP contribution >= 0.6 is 0 Å². The Kier molecular flexibility index (Phi) is 10.4. The molecule has 0 fully saturated rings. The van der Waals surface area contributed by atoms with Crippen molar-refractivity contribution >= 4 is 29.5 Å². The number of amides is 2. The third-order valence-electron chi connectivity index (χ3n) is 4.27. The third kappa shape index (κ3) is 9.03. The smallest absolute Gasteiger partial charge is 0.407 e. The van der Waals surface area contributed by atoms with E-state index in [1.165, 1.54) is 26.1 Å². The highest BCUT2D eigenvalue weighted by Gasteiger charge is 2.15. The van der Waals surface area contributed by atoms with Crippen LogP contribution < -0.4 is 21.3 Å². The molecule has 9 nitrogen and oxygen atoms in total. The van der Waals surface area contributed by atoms with Crippen molar-refractivity contribution in [2.45, 2.75) is 39.2 Å². The molecule has 1 aromatic heterocycles. The Bertz CT molecular complexity index is 1010. The largest absolute Gasteiger partial charge is 0.436 e. The molecule has 176 valence electrons. The van der Waals surface area contributed by atoms with Gasteiger partial charge in [0.05, 0.1) is 11.8 Å². The van der Waals surface area contributed by atoms with E-state index in [0.29, 0.717) is 48.9 Å². The minimum atomic E-state index is -0.875. The van der Waals surface area contributed by atoms with Crippen LogP contribution in [0.3, 0.4) is 0 Å². The van der Waals surface area contributed by atoms with Crippen LogP contribution in [0, 0.1) is 17.7 Å². The van der Waals surface area contributed by atoms with Gasteiger partial charge in [-0.05, 0) is 38.0 Å². The van der Waals surface area contributed by atoms with Crippen LogP contribution in [0.4, 0.5) is 26.6 Å². The number of hydrogen-bond acceptors (Lipinski definition) is 7. The number of nitrogens with zero attached hydrogens (tertiary/aromatic N) is 2. The third-order valence-corrected chi connectivity index (χ3v) is 4.27. The van der Waals surface area contributed by atoms with E-state index >= 15 is 0 Å². The zero-order valence-corrected chi connectivity index (χ0v) is 19.0. The highest BCUT2D eigenvalue weighted by molar-refractivity contribution is 5.82. The average molecular weight is 457 g/mol. The van der Waals surface area contributed by atoms with Gasteiger partial charge in [-0.1, -0.05) is 24.8 Å². The summed E-state index contributed by atoms with van der Waals surface area (Å²) >= 11 is 0. The highest BCUT2D eigenvalue weighted by Crippen LogP contribution is 2.18. The first-order valence-electron chi connectivity index (χ1n) is 10.7. The maximum atomic E-state index is 13.4. The van der Waals surface area contributed by atoms with E-state index < -0.39 is 12.2 Å². The Morgan fingerprint density at radius 2 is 2.09 bits per heavy atom. The van der Waals surface area contributed by atoms with Crippen LogP contribution in [0.2, 0.25) is 0 Å². The van der Waals surface area contributed by atoms with Gasteiger partial charge in [-0.3, -0.25) is 4.79 Å². The van der Waals surface area contributed by atoms with Crippen LogP contribution in [0.25, 0.3) is 0 Å². The number of ether oxygens (including phenoxy) is 1. The fourth-order valence-electron chi connectivity index (χ4n) is 2.57. The summed E-state index contributed by atoms with van der Waals surface area (Å²) in [5, 5.41) is 11.2. The molecule has 0 aliphatic heterocycles. The number of carbonyl (C=O) groups excluding carboxylic acids is 2. The van der Waals surface area contributed by atoms with Crippen LogP contribution in [-0.2, 0) is 9.53 Å². The van der Waals surface area contributed by atoms with Crippen LogP contribution in [0.5, 0.6) is 0 Å². The predicted octanol–water partition coefficient (Wildman–Crippen LogP) is 3.17.